The summed E-state index contributed by atoms with van der Waals surface area (Å²) < 4.78 is 2.38. The van der Waals surface area contributed by atoms with E-state index in [9.17, 15) is 0 Å². The largest absolute Gasteiger partial charge is 0.351 e. The van der Waals surface area contributed by atoms with E-state index in [0.29, 0.717) is 0 Å². The Morgan fingerprint density at radius 3 is 2.69 bits per heavy atom. The Morgan fingerprint density at radius 1 is 1.23 bits per heavy atom. The zero-order chi connectivity index (χ0) is 9.10. The maximum Gasteiger partial charge on any atom is 0.0341 e. The lowest BCUT2D eigenvalue weighted by molar-refractivity contribution is 0.362. The molecule has 0 bridgehead atoms. The fourth-order valence-electron chi connectivity index (χ4n) is 2.20. The lowest BCUT2D eigenvalue weighted by atomic mass is 9.95. The third-order valence-electron chi connectivity index (χ3n) is 2.98. The first-order valence-electron chi connectivity index (χ1n) is 5.05. The maximum absolute atomic E-state index is 2.38. The van der Waals surface area contributed by atoms with Crippen molar-refractivity contribution in [3.8, 4) is 0 Å². The van der Waals surface area contributed by atoms with Crippen molar-refractivity contribution < 1.29 is 0 Å². The van der Waals surface area contributed by atoms with Crippen LogP contribution in [0, 0.1) is 0 Å². The van der Waals surface area contributed by atoms with Crippen LogP contribution in [-0.2, 0) is 0 Å². The smallest absolute Gasteiger partial charge is 0.0341 e. The highest BCUT2D eigenvalue weighted by Crippen LogP contribution is 2.33. The van der Waals surface area contributed by atoms with Crippen LogP contribution < -0.4 is 0 Å². The minimum Gasteiger partial charge on any atom is -0.351 e. The van der Waals surface area contributed by atoms with Gasteiger partial charge in [-0.1, -0.05) is 6.42 Å². The van der Waals surface area contributed by atoms with E-state index in [1.54, 1.807) is 0 Å². The Morgan fingerprint density at radius 2 is 2.00 bits per heavy atom. The number of aromatic nitrogens is 1. The van der Waals surface area contributed by atoms with Crippen LogP contribution in [0.4, 0.5) is 0 Å². The van der Waals surface area contributed by atoms with Crippen molar-refractivity contribution in [2.45, 2.75) is 37.0 Å². The summed E-state index contributed by atoms with van der Waals surface area (Å²) in [6.07, 6.45) is 12.2. The molecule has 1 aromatic rings. The molecule has 0 aliphatic heterocycles. The number of hydrogen-bond acceptors (Lipinski definition) is 1. The van der Waals surface area contributed by atoms with Crippen molar-refractivity contribution >= 4 is 11.8 Å². The molecular weight excluding hydrogens is 178 g/mol. The van der Waals surface area contributed by atoms with E-state index in [-0.39, 0.29) is 0 Å². The van der Waals surface area contributed by atoms with Gasteiger partial charge in [-0.3, -0.25) is 0 Å². The van der Waals surface area contributed by atoms with E-state index in [4.69, 9.17) is 0 Å². The molecule has 2 heteroatoms. The first-order chi connectivity index (χ1) is 6.40. The molecule has 2 unspecified atom stereocenters. The Balaban J connectivity index is 2.00. The van der Waals surface area contributed by atoms with Crippen LogP contribution in [-0.4, -0.2) is 16.1 Å². The zero-order valence-corrected chi connectivity index (χ0v) is 8.96. The topological polar surface area (TPSA) is 4.93 Å². The van der Waals surface area contributed by atoms with Crippen molar-refractivity contribution in [2.24, 2.45) is 0 Å². The molecule has 1 aliphatic carbocycles. The van der Waals surface area contributed by atoms with E-state index < -0.39 is 0 Å². The van der Waals surface area contributed by atoms with Gasteiger partial charge in [-0.25, -0.2) is 0 Å². The molecule has 2 rings (SSSR count). The van der Waals surface area contributed by atoms with Crippen LogP contribution in [0.25, 0.3) is 0 Å². The van der Waals surface area contributed by atoms with E-state index in [1.807, 2.05) is 11.8 Å². The fourth-order valence-corrected chi connectivity index (χ4v) is 3.01. The third-order valence-corrected chi connectivity index (χ3v) is 4.08. The Kier molecular flexibility index (Phi) is 2.99. The minimum atomic E-state index is 0.765. The summed E-state index contributed by atoms with van der Waals surface area (Å²) in [4.78, 5) is 0. The molecule has 1 aromatic heterocycles. The summed E-state index contributed by atoms with van der Waals surface area (Å²) in [5.74, 6) is 0. The van der Waals surface area contributed by atoms with E-state index >= 15 is 0 Å². The van der Waals surface area contributed by atoms with Gasteiger partial charge >= 0.3 is 0 Å². The highest BCUT2D eigenvalue weighted by Gasteiger charge is 2.21. The van der Waals surface area contributed by atoms with Crippen molar-refractivity contribution in [1.29, 1.82) is 0 Å². The van der Waals surface area contributed by atoms with Gasteiger partial charge in [-0.15, -0.1) is 0 Å². The van der Waals surface area contributed by atoms with Gasteiger partial charge in [0.05, 0.1) is 0 Å². The molecular formula is C11H17NS. The van der Waals surface area contributed by atoms with Crippen LogP contribution in [0.1, 0.15) is 31.7 Å². The monoisotopic (exact) mass is 195 g/mol. The van der Waals surface area contributed by atoms with Gasteiger partial charge in [0, 0.05) is 23.7 Å². The standard InChI is InChI=1S/C11H17NS/c1-13-11-6-4-5-10(9-11)12-7-2-3-8-12/h2-3,7-8,10-11H,4-6,9H2,1H3. The molecule has 1 nitrogen and oxygen atoms in total. The fraction of sp³-hybridized carbons (Fsp3) is 0.636. The molecule has 0 saturated heterocycles. The normalized spacial score (nSPS) is 29.0. The minimum absolute atomic E-state index is 0.765. The van der Waals surface area contributed by atoms with E-state index in [0.717, 1.165) is 11.3 Å². The van der Waals surface area contributed by atoms with E-state index in [2.05, 4.69) is 35.3 Å². The van der Waals surface area contributed by atoms with Gasteiger partial charge in [0.25, 0.3) is 0 Å². The molecule has 0 amide bonds. The first-order valence-corrected chi connectivity index (χ1v) is 6.34. The predicted octanol–water partition coefficient (Wildman–Crippen LogP) is 3.33. The van der Waals surface area contributed by atoms with Crippen LogP contribution >= 0.6 is 11.8 Å². The van der Waals surface area contributed by atoms with Gasteiger partial charge in [0.2, 0.25) is 0 Å². The molecule has 0 radical (unpaired) electrons. The van der Waals surface area contributed by atoms with E-state index in [1.165, 1.54) is 25.7 Å². The molecule has 2 atom stereocenters. The highest BCUT2D eigenvalue weighted by atomic mass is 32.2. The molecule has 1 heterocycles. The Hall–Kier alpha value is -0.370. The molecule has 72 valence electrons. The molecule has 1 aliphatic rings. The molecule has 1 fully saturated rings. The maximum atomic E-state index is 2.38. The summed E-state index contributed by atoms with van der Waals surface area (Å²) in [5, 5.41) is 0.890. The van der Waals surface area contributed by atoms with Crippen molar-refractivity contribution in [3.63, 3.8) is 0 Å². The second-order valence-electron chi connectivity index (χ2n) is 3.81. The van der Waals surface area contributed by atoms with Crippen LogP contribution in [0.2, 0.25) is 0 Å². The summed E-state index contributed by atoms with van der Waals surface area (Å²) >= 11 is 2.03. The zero-order valence-electron chi connectivity index (χ0n) is 8.15. The molecule has 0 N–H and O–H groups in total. The van der Waals surface area contributed by atoms with Gasteiger partial charge in [-0.2, -0.15) is 11.8 Å². The molecule has 0 spiro atoms. The number of nitrogens with zero attached hydrogens (tertiary/aromatic N) is 1. The van der Waals surface area contributed by atoms with Crippen molar-refractivity contribution in [1.82, 2.24) is 4.57 Å². The van der Waals surface area contributed by atoms with Gasteiger partial charge in [0.1, 0.15) is 0 Å². The number of rotatable bonds is 2. The molecule has 0 aromatic carbocycles. The van der Waals surface area contributed by atoms with Gasteiger partial charge < -0.3 is 4.57 Å². The predicted molar refractivity (Wildman–Crippen MR) is 59.2 cm³/mol. The summed E-state index contributed by atoms with van der Waals surface area (Å²) in [6.45, 7) is 0. The highest BCUT2D eigenvalue weighted by molar-refractivity contribution is 7.99. The second-order valence-corrected chi connectivity index (χ2v) is 4.95. The average molecular weight is 195 g/mol. The van der Waals surface area contributed by atoms with Crippen molar-refractivity contribution in [2.75, 3.05) is 6.26 Å². The molecule has 13 heavy (non-hydrogen) atoms. The second kappa shape index (κ2) is 4.23. The quantitative estimate of drug-likeness (QED) is 0.700. The van der Waals surface area contributed by atoms with Crippen LogP contribution in [0.5, 0.6) is 0 Å². The SMILES string of the molecule is CSC1CCCC(n2cccc2)C1. The first kappa shape index (κ1) is 9.20. The third kappa shape index (κ3) is 2.11. The Bertz CT molecular complexity index is 243. The number of thioether (sulfide) groups is 1. The average Bonchev–Trinajstić information content (AvgIpc) is 2.71. The number of hydrogen-bond donors (Lipinski definition) is 0. The summed E-state index contributed by atoms with van der Waals surface area (Å²) in [6, 6.07) is 5.02. The van der Waals surface area contributed by atoms with Crippen LogP contribution in [0.3, 0.4) is 0 Å². The van der Waals surface area contributed by atoms with Gasteiger partial charge in [0.15, 0.2) is 0 Å². The van der Waals surface area contributed by atoms with Gasteiger partial charge in [-0.05, 0) is 37.7 Å². The van der Waals surface area contributed by atoms with Crippen LogP contribution in [0.15, 0.2) is 24.5 Å². The lowest BCUT2D eigenvalue weighted by Crippen LogP contribution is -2.19. The molecule has 1 saturated carbocycles. The lowest BCUT2D eigenvalue weighted by Gasteiger charge is -2.29. The Labute approximate surface area is 84.5 Å². The summed E-state index contributed by atoms with van der Waals surface area (Å²) in [7, 11) is 0. The summed E-state index contributed by atoms with van der Waals surface area (Å²) in [5.41, 5.74) is 0. The van der Waals surface area contributed by atoms with Crippen molar-refractivity contribution in [3.05, 3.63) is 24.5 Å².